The van der Waals surface area contributed by atoms with E-state index in [0.29, 0.717) is 5.56 Å². The van der Waals surface area contributed by atoms with E-state index in [0.717, 1.165) is 41.1 Å². The van der Waals surface area contributed by atoms with Crippen molar-refractivity contribution in [3.05, 3.63) is 42.0 Å². The number of nitrogens with zero attached hydrogens (tertiary/aromatic N) is 2. The maximum Gasteiger partial charge on any atom is 0.123 e. The van der Waals surface area contributed by atoms with E-state index >= 15 is 0 Å². The molecule has 0 radical (unpaired) electrons. The van der Waals surface area contributed by atoms with E-state index in [9.17, 15) is 4.55 Å². The van der Waals surface area contributed by atoms with Gasteiger partial charge in [-0.3, -0.25) is 0 Å². The van der Waals surface area contributed by atoms with Gasteiger partial charge in [0.1, 0.15) is 11.5 Å². The van der Waals surface area contributed by atoms with Crippen molar-refractivity contribution in [3.8, 4) is 6.07 Å². The van der Waals surface area contributed by atoms with Crippen molar-refractivity contribution in [1.29, 1.82) is 5.26 Å². The smallest absolute Gasteiger partial charge is 0.123 e. The van der Waals surface area contributed by atoms with E-state index in [-0.39, 0.29) is 0 Å². The predicted molar refractivity (Wildman–Crippen MR) is 78.8 cm³/mol. The van der Waals surface area contributed by atoms with Crippen LogP contribution in [0.3, 0.4) is 0 Å². The highest BCUT2D eigenvalue weighted by atomic mass is 32.2. The molecular weight excluding hydrogens is 256 g/mol. The number of benzene rings is 2. The maximum absolute atomic E-state index is 11.4. The van der Waals surface area contributed by atoms with Crippen LogP contribution in [0.25, 0.3) is 10.8 Å². The third-order valence-corrected chi connectivity index (χ3v) is 4.82. The molecular formula is C15H14N2OS. The van der Waals surface area contributed by atoms with E-state index in [1.807, 2.05) is 30.3 Å². The number of nitriles is 1. The Morgan fingerprint density at radius 3 is 2.42 bits per heavy atom. The van der Waals surface area contributed by atoms with Crippen LogP contribution in [0.4, 0.5) is 5.69 Å². The summed E-state index contributed by atoms with van der Waals surface area (Å²) in [5, 5.41) is 11.3. The van der Waals surface area contributed by atoms with Crippen LogP contribution >= 0.6 is 0 Å². The van der Waals surface area contributed by atoms with Gasteiger partial charge in [-0.05, 0) is 12.1 Å². The lowest BCUT2D eigenvalue weighted by atomic mass is 10.0. The van der Waals surface area contributed by atoms with Crippen molar-refractivity contribution < 1.29 is 4.55 Å². The molecule has 2 aromatic rings. The van der Waals surface area contributed by atoms with Crippen LogP contribution in [0, 0.1) is 11.3 Å². The third kappa shape index (κ3) is 2.27. The molecule has 1 fully saturated rings. The van der Waals surface area contributed by atoms with Gasteiger partial charge in [-0.2, -0.15) is 5.26 Å². The molecule has 0 bridgehead atoms. The maximum atomic E-state index is 11.4. The lowest BCUT2D eigenvalue weighted by Crippen LogP contribution is -2.40. The van der Waals surface area contributed by atoms with E-state index < -0.39 is 11.2 Å². The Balaban J connectivity index is 2.08. The molecule has 0 aliphatic carbocycles. The van der Waals surface area contributed by atoms with Crippen molar-refractivity contribution in [1.82, 2.24) is 0 Å². The molecule has 4 heteroatoms. The molecule has 2 aromatic carbocycles. The summed E-state index contributed by atoms with van der Waals surface area (Å²) in [6.07, 6.45) is 0. The summed E-state index contributed by atoms with van der Waals surface area (Å²) in [7, 11) is 0. The zero-order chi connectivity index (χ0) is 13.2. The Morgan fingerprint density at radius 2 is 1.74 bits per heavy atom. The first-order valence-corrected chi connectivity index (χ1v) is 7.80. The minimum atomic E-state index is -0.668. The average Bonchev–Trinajstić information content (AvgIpc) is 2.47. The Kier molecular flexibility index (Phi) is 3.33. The highest BCUT2D eigenvalue weighted by Gasteiger charge is 2.21. The minimum absolute atomic E-state index is 0.668. The highest BCUT2D eigenvalue weighted by Crippen LogP contribution is 2.30. The van der Waals surface area contributed by atoms with Crippen molar-refractivity contribution in [2.24, 2.45) is 0 Å². The molecule has 19 heavy (non-hydrogen) atoms. The van der Waals surface area contributed by atoms with Gasteiger partial charge in [-0.25, -0.2) is 0 Å². The van der Waals surface area contributed by atoms with E-state index in [1.165, 1.54) is 0 Å². The Morgan fingerprint density at radius 1 is 1.05 bits per heavy atom. The van der Waals surface area contributed by atoms with E-state index in [4.69, 9.17) is 5.26 Å². The number of fused-ring (bicyclic) bond motifs is 1. The summed E-state index contributed by atoms with van der Waals surface area (Å²) >= 11 is -0.668. The summed E-state index contributed by atoms with van der Waals surface area (Å²) in [4.78, 5) is 2.27. The van der Waals surface area contributed by atoms with E-state index in [2.05, 4.69) is 17.0 Å². The predicted octanol–water partition coefficient (Wildman–Crippen LogP) is 2.28. The normalized spacial score (nSPS) is 16.5. The summed E-state index contributed by atoms with van der Waals surface area (Å²) in [6.45, 7) is 1.64. The molecule has 1 aliphatic rings. The van der Waals surface area contributed by atoms with Gasteiger partial charge in [-0.15, -0.1) is 0 Å². The third-order valence-electron chi connectivity index (χ3n) is 3.54. The molecule has 0 N–H and O–H groups in total. The largest absolute Gasteiger partial charge is 0.616 e. The van der Waals surface area contributed by atoms with Gasteiger partial charge in [0.25, 0.3) is 0 Å². The Labute approximate surface area is 115 Å². The lowest BCUT2D eigenvalue weighted by Gasteiger charge is -2.30. The minimum Gasteiger partial charge on any atom is -0.616 e. The number of anilines is 1. The van der Waals surface area contributed by atoms with Crippen molar-refractivity contribution >= 4 is 27.6 Å². The number of hydrogen-bond acceptors (Lipinski definition) is 3. The van der Waals surface area contributed by atoms with Crippen LogP contribution in [-0.4, -0.2) is 29.1 Å². The quantitative estimate of drug-likeness (QED) is 0.747. The molecule has 0 unspecified atom stereocenters. The zero-order valence-corrected chi connectivity index (χ0v) is 11.3. The van der Waals surface area contributed by atoms with Crippen LogP contribution < -0.4 is 4.90 Å². The fourth-order valence-corrected chi connectivity index (χ4v) is 3.59. The Bertz CT molecular complexity index is 642. The summed E-state index contributed by atoms with van der Waals surface area (Å²) in [5.74, 6) is 1.46. The summed E-state index contributed by atoms with van der Waals surface area (Å²) in [6, 6.07) is 14.1. The van der Waals surface area contributed by atoms with Gasteiger partial charge in [0.15, 0.2) is 0 Å². The second-order valence-corrected chi connectivity index (χ2v) is 6.32. The molecule has 1 aliphatic heterocycles. The summed E-state index contributed by atoms with van der Waals surface area (Å²) in [5.41, 5.74) is 1.85. The van der Waals surface area contributed by atoms with Gasteiger partial charge in [-0.1, -0.05) is 35.4 Å². The highest BCUT2D eigenvalue weighted by molar-refractivity contribution is 7.91. The van der Waals surface area contributed by atoms with Gasteiger partial charge >= 0.3 is 0 Å². The monoisotopic (exact) mass is 270 g/mol. The SMILES string of the molecule is N#Cc1ccc(N2CC[S+]([O-])CC2)c2ccccc12. The second kappa shape index (κ2) is 5.12. The van der Waals surface area contributed by atoms with Crippen LogP contribution in [0.5, 0.6) is 0 Å². The van der Waals surface area contributed by atoms with Crippen molar-refractivity contribution in [2.75, 3.05) is 29.5 Å². The molecule has 1 heterocycles. The topological polar surface area (TPSA) is 50.1 Å². The standard InChI is InChI=1S/C15H14N2OS/c16-11-12-5-6-15(14-4-2-1-3-13(12)14)17-7-9-19(18)10-8-17/h1-6H,7-10H2. The lowest BCUT2D eigenvalue weighted by molar-refractivity contribution is 0.586. The fraction of sp³-hybridized carbons (Fsp3) is 0.267. The Hall–Kier alpha value is -1.70. The molecule has 96 valence electrons. The van der Waals surface area contributed by atoms with Crippen molar-refractivity contribution in [2.45, 2.75) is 0 Å². The first-order chi connectivity index (χ1) is 9.29. The van der Waals surface area contributed by atoms with Gasteiger partial charge < -0.3 is 9.45 Å². The molecule has 0 saturated carbocycles. The molecule has 0 aromatic heterocycles. The van der Waals surface area contributed by atoms with Crippen LogP contribution in [0.1, 0.15) is 5.56 Å². The van der Waals surface area contributed by atoms with Gasteiger partial charge in [0.05, 0.1) is 24.7 Å². The average molecular weight is 270 g/mol. The number of hydrogen-bond donors (Lipinski definition) is 0. The number of rotatable bonds is 1. The van der Waals surface area contributed by atoms with Gasteiger partial charge in [0.2, 0.25) is 0 Å². The first-order valence-electron chi connectivity index (χ1n) is 6.31. The van der Waals surface area contributed by atoms with E-state index in [1.54, 1.807) is 0 Å². The van der Waals surface area contributed by atoms with Gasteiger partial charge in [0, 0.05) is 16.5 Å². The molecule has 1 saturated heterocycles. The molecule has 0 atom stereocenters. The molecule has 0 spiro atoms. The van der Waals surface area contributed by atoms with Crippen LogP contribution in [0.2, 0.25) is 0 Å². The second-order valence-electron chi connectivity index (χ2n) is 4.62. The first kappa shape index (κ1) is 12.3. The fourth-order valence-electron chi connectivity index (χ4n) is 2.54. The molecule has 0 amide bonds. The summed E-state index contributed by atoms with van der Waals surface area (Å²) < 4.78 is 11.4. The molecule has 3 nitrogen and oxygen atoms in total. The zero-order valence-electron chi connectivity index (χ0n) is 10.5. The van der Waals surface area contributed by atoms with Crippen molar-refractivity contribution in [3.63, 3.8) is 0 Å². The van der Waals surface area contributed by atoms with Crippen LogP contribution in [0.15, 0.2) is 36.4 Å². The van der Waals surface area contributed by atoms with Crippen LogP contribution in [-0.2, 0) is 11.2 Å². The molecule has 3 rings (SSSR count).